The van der Waals surface area contributed by atoms with Crippen molar-refractivity contribution in [2.24, 2.45) is 0 Å². The number of nitrogens with zero attached hydrogens (tertiary/aromatic N) is 6. The van der Waals surface area contributed by atoms with Crippen molar-refractivity contribution in [3.8, 4) is 0 Å². The van der Waals surface area contributed by atoms with Crippen molar-refractivity contribution in [3.63, 3.8) is 0 Å². The molecule has 0 spiro atoms. The van der Waals surface area contributed by atoms with E-state index < -0.39 is 0 Å². The van der Waals surface area contributed by atoms with Gasteiger partial charge in [0, 0.05) is 31.3 Å². The van der Waals surface area contributed by atoms with Crippen LogP contribution in [-0.4, -0.2) is 47.6 Å². The molecular formula is C23H20N8O2. The Kier molecular flexibility index (Phi) is 5.46. The van der Waals surface area contributed by atoms with E-state index in [0.717, 1.165) is 5.56 Å². The first-order valence-electron chi connectivity index (χ1n) is 10.4. The van der Waals surface area contributed by atoms with Gasteiger partial charge < -0.3 is 10.6 Å². The number of rotatable bonds is 7. The van der Waals surface area contributed by atoms with E-state index >= 15 is 0 Å². The maximum atomic E-state index is 13.0. The van der Waals surface area contributed by atoms with Crippen LogP contribution in [0.2, 0.25) is 0 Å². The zero-order valence-electron chi connectivity index (χ0n) is 17.5. The number of aromatic nitrogens is 6. The summed E-state index contributed by atoms with van der Waals surface area (Å²) in [5.74, 6) is -0.503. The molecule has 0 radical (unpaired) electrons. The third-order valence-corrected chi connectivity index (χ3v) is 5.36. The second kappa shape index (κ2) is 8.87. The summed E-state index contributed by atoms with van der Waals surface area (Å²) in [6.07, 6.45) is 13.3. The number of carbonyl (C=O) groups excluding carboxylic acids is 2. The molecule has 1 aromatic carbocycles. The highest BCUT2D eigenvalue weighted by molar-refractivity contribution is 6.01. The third-order valence-electron chi connectivity index (χ3n) is 5.36. The summed E-state index contributed by atoms with van der Waals surface area (Å²) in [6.45, 7) is 0.354. The molecule has 33 heavy (non-hydrogen) atoms. The molecule has 5 rings (SSSR count). The molecule has 4 aromatic heterocycles. The summed E-state index contributed by atoms with van der Waals surface area (Å²) in [6, 6.07) is 9.33. The van der Waals surface area contributed by atoms with Crippen molar-refractivity contribution in [1.82, 2.24) is 39.8 Å². The van der Waals surface area contributed by atoms with Crippen LogP contribution in [-0.2, 0) is 0 Å². The molecule has 2 amide bonds. The quantitative estimate of drug-likeness (QED) is 0.400. The van der Waals surface area contributed by atoms with Gasteiger partial charge in [-0.25, -0.2) is 9.03 Å². The average molecular weight is 440 g/mol. The highest BCUT2D eigenvalue weighted by Gasteiger charge is 2.20. The number of amides is 2. The number of carbonyl (C=O) groups is 2. The van der Waals surface area contributed by atoms with Crippen LogP contribution in [0.3, 0.4) is 0 Å². The first-order chi connectivity index (χ1) is 16.2. The molecule has 2 N–H and O–H groups in total. The summed E-state index contributed by atoms with van der Waals surface area (Å²) in [5, 5.41) is 14.4. The molecule has 5 aromatic rings. The molecule has 0 aliphatic rings. The van der Waals surface area contributed by atoms with Gasteiger partial charge in [0.2, 0.25) is 0 Å². The zero-order chi connectivity index (χ0) is 22.6. The van der Waals surface area contributed by atoms with Gasteiger partial charge in [-0.15, -0.1) is 0 Å². The van der Waals surface area contributed by atoms with E-state index in [1.165, 1.54) is 12.4 Å². The average Bonchev–Trinajstić information content (AvgIpc) is 3.48. The maximum Gasteiger partial charge on any atom is 0.255 e. The first kappa shape index (κ1) is 20.3. The fraction of sp³-hybridized carbons (Fsp3) is 0.130. The van der Waals surface area contributed by atoms with Crippen molar-refractivity contribution < 1.29 is 9.59 Å². The number of hydrogen-bond donors (Lipinski definition) is 2. The molecule has 4 heterocycles. The van der Waals surface area contributed by atoms with Crippen LogP contribution in [0.5, 0.6) is 0 Å². The van der Waals surface area contributed by atoms with Gasteiger partial charge in [-0.2, -0.15) is 10.2 Å². The fourth-order valence-corrected chi connectivity index (χ4v) is 3.69. The van der Waals surface area contributed by atoms with Gasteiger partial charge in [-0.1, -0.05) is 30.3 Å². The lowest BCUT2D eigenvalue weighted by Gasteiger charge is -2.19. The van der Waals surface area contributed by atoms with Crippen LogP contribution < -0.4 is 10.6 Å². The van der Waals surface area contributed by atoms with Gasteiger partial charge in [0.25, 0.3) is 11.8 Å². The summed E-state index contributed by atoms with van der Waals surface area (Å²) < 4.78 is 3.20. The lowest BCUT2D eigenvalue weighted by molar-refractivity contribution is 0.0935. The van der Waals surface area contributed by atoms with Gasteiger partial charge in [-0.3, -0.25) is 19.6 Å². The Morgan fingerprint density at radius 2 is 1.42 bits per heavy atom. The van der Waals surface area contributed by atoms with Crippen molar-refractivity contribution >= 4 is 22.8 Å². The Hall–Kier alpha value is -4.60. The van der Waals surface area contributed by atoms with Crippen LogP contribution in [0.15, 0.2) is 79.9 Å². The maximum absolute atomic E-state index is 13.0. The van der Waals surface area contributed by atoms with E-state index in [0.29, 0.717) is 35.1 Å². The summed E-state index contributed by atoms with van der Waals surface area (Å²) >= 11 is 0. The third kappa shape index (κ3) is 4.13. The summed E-state index contributed by atoms with van der Waals surface area (Å²) in [7, 11) is 0. The van der Waals surface area contributed by atoms with E-state index in [1.54, 1.807) is 46.2 Å². The largest absolute Gasteiger partial charge is 0.352 e. The number of nitrogens with one attached hydrogen (secondary N) is 2. The Balaban J connectivity index is 1.30. The van der Waals surface area contributed by atoms with Crippen LogP contribution in [0.4, 0.5) is 0 Å². The Morgan fingerprint density at radius 3 is 2.06 bits per heavy atom. The summed E-state index contributed by atoms with van der Waals surface area (Å²) in [5.41, 5.74) is 3.07. The molecule has 0 bridgehead atoms. The minimum Gasteiger partial charge on any atom is -0.352 e. The van der Waals surface area contributed by atoms with Crippen molar-refractivity contribution in [2.45, 2.75) is 12.5 Å². The summed E-state index contributed by atoms with van der Waals surface area (Å²) in [4.78, 5) is 33.9. The highest BCUT2D eigenvalue weighted by atomic mass is 16.2. The molecule has 0 aliphatic carbocycles. The molecule has 1 atom stereocenters. The van der Waals surface area contributed by atoms with E-state index in [2.05, 4.69) is 30.8 Å². The van der Waals surface area contributed by atoms with E-state index in [-0.39, 0.29) is 17.9 Å². The lowest BCUT2D eigenvalue weighted by Crippen LogP contribution is -2.32. The lowest BCUT2D eigenvalue weighted by atomic mass is 10.0. The number of benzene rings is 1. The molecule has 1 unspecified atom stereocenters. The van der Waals surface area contributed by atoms with Crippen LogP contribution in [0.1, 0.15) is 38.7 Å². The van der Waals surface area contributed by atoms with Crippen molar-refractivity contribution in [1.29, 1.82) is 0 Å². The van der Waals surface area contributed by atoms with E-state index in [9.17, 15) is 9.59 Å². The second-order valence-electron chi connectivity index (χ2n) is 7.41. The first-order valence-corrected chi connectivity index (χ1v) is 10.4. The SMILES string of the molecule is O=C(NCCC(NC(=O)c1cnn2ccncc12)c1ccccc1)c1cnn2ccncc12. The second-order valence-corrected chi connectivity index (χ2v) is 7.41. The number of fused-ring (bicyclic) bond motifs is 2. The normalized spacial score (nSPS) is 12.0. The van der Waals surface area contributed by atoms with E-state index in [4.69, 9.17) is 0 Å². The fourth-order valence-electron chi connectivity index (χ4n) is 3.69. The molecule has 0 aliphatic heterocycles. The predicted molar refractivity (Wildman–Crippen MR) is 120 cm³/mol. The smallest absolute Gasteiger partial charge is 0.255 e. The van der Waals surface area contributed by atoms with Gasteiger partial charge in [-0.05, 0) is 12.0 Å². The Bertz CT molecular complexity index is 1430. The monoisotopic (exact) mass is 440 g/mol. The Labute approximate surface area is 188 Å². The molecular weight excluding hydrogens is 420 g/mol. The minimum absolute atomic E-state index is 0.246. The van der Waals surface area contributed by atoms with Crippen molar-refractivity contribution in [3.05, 3.63) is 96.6 Å². The van der Waals surface area contributed by atoms with Gasteiger partial charge in [0.1, 0.15) is 0 Å². The zero-order valence-corrected chi connectivity index (χ0v) is 17.5. The minimum atomic E-state index is -0.309. The van der Waals surface area contributed by atoms with Crippen molar-refractivity contribution in [2.75, 3.05) is 6.54 Å². The van der Waals surface area contributed by atoms with Crippen LogP contribution in [0, 0.1) is 0 Å². The van der Waals surface area contributed by atoms with Gasteiger partial charge >= 0.3 is 0 Å². The van der Waals surface area contributed by atoms with Gasteiger partial charge in [0.05, 0.1) is 53.0 Å². The molecule has 10 nitrogen and oxygen atoms in total. The molecule has 0 saturated carbocycles. The van der Waals surface area contributed by atoms with Gasteiger partial charge in [0.15, 0.2) is 0 Å². The van der Waals surface area contributed by atoms with Crippen LogP contribution >= 0.6 is 0 Å². The predicted octanol–water partition coefficient (Wildman–Crippen LogP) is 2.06. The number of hydrogen-bond acceptors (Lipinski definition) is 6. The van der Waals surface area contributed by atoms with Crippen LogP contribution in [0.25, 0.3) is 11.0 Å². The topological polar surface area (TPSA) is 119 Å². The Morgan fingerprint density at radius 1 is 0.818 bits per heavy atom. The standard InChI is InChI=1S/C23H20N8O2/c32-22(17-12-27-30-10-8-24-14-20(17)30)26-7-6-19(16-4-2-1-3-5-16)29-23(33)18-13-28-31-11-9-25-15-21(18)31/h1-5,8-15,19H,6-7H2,(H,26,32)(H,29,33). The molecule has 164 valence electrons. The highest BCUT2D eigenvalue weighted by Crippen LogP contribution is 2.18. The molecule has 10 heteroatoms. The molecule has 0 fully saturated rings. The van der Waals surface area contributed by atoms with E-state index in [1.807, 2.05) is 30.3 Å². The molecule has 0 saturated heterocycles.